The van der Waals surface area contributed by atoms with Gasteiger partial charge in [-0.3, -0.25) is 0 Å². The summed E-state index contributed by atoms with van der Waals surface area (Å²) in [6.45, 7) is 6.17. The third-order valence-electron chi connectivity index (χ3n) is 2.89. The van der Waals surface area contributed by atoms with E-state index in [1.165, 1.54) is 17.9 Å². The van der Waals surface area contributed by atoms with Crippen LogP contribution < -0.4 is 0 Å². The van der Waals surface area contributed by atoms with Gasteiger partial charge in [0.15, 0.2) is 0 Å². The van der Waals surface area contributed by atoms with E-state index in [4.69, 9.17) is 0 Å². The van der Waals surface area contributed by atoms with Gasteiger partial charge in [-0.05, 0) is 31.8 Å². The highest BCUT2D eigenvalue weighted by Crippen LogP contribution is 2.24. The highest BCUT2D eigenvalue weighted by Gasteiger charge is 2.20. The molecule has 1 N–H and O–H groups in total. The molecule has 0 aliphatic rings. The summed E-state index contributed by atoms with van der Waals surface area (Å²) < 4.78 is 5.77. The first-order valence-corrected chi connectivity index (χ1v) is 7.28. The van der Waals surface area contributed by atoms with Gasteiger partial charge in [0.2, 0.25) is 0 Å². The topological polar surface area (TPSA) is 76.7 Å². The average Bonchev–Trinajstić information content (AvgIpc) is 2.98. The van der Waals surface area contributed by atoms with E-state index in [9.17, 15) is 5.11 Å². The number of aromatic nitrogens is 5. The van der Waals surface area contributed by atoms with E-state index in [1.54, 1.807) is 0 Å². The van der Waals surface area contributed by atoms with Crippen LogP contribution >= 0.6 is 11.5 Å². The average molecular weight is 281 g/mol. The molecule has 2 rings (SSSR count). The zero-order valence-electron chi connectivity index (χ0n) is 11.4. The Morgan fingerprint density at radius 2 is 2.21 bits per heavy atom. The summed E-state index contributed by atoms with van der Waals surface area (Å²) in [4.78, 5) is 5.07. The standard InChI is InChI=1S/C12H19N5OS/c1-4-5-9-12(19-16-15-9)10(18)6-11-13-7-14-17(11)8(2)3/h7-8,10,18H,4-6H2,1-3H3. The molecule has 2 aromatic rings. The fraction of sp³-hybridized carbons (Fsp3) is 0.667. The van der Waals surface area contributed by atoms with Crippen molar-refractivity contribution in [1.29, 1.82) is 0 Å². The summed E-state index contributed by atoms with van der Waals surface area (Å²) in [7, 11) is 0. The van der Waals surface area contributed by atoms with E-state index in [1.807, 2.05) is 18.5 Å². The van der Waals surface area contributed by atoms with Crippen molar-refractivity contribution in [2.45, 2.75) is 52.2 Å². The van der Waals surface area contributed by atoms with Crippen molar-refractivity contribution < 1.29 is 5.11 Å². The van der Waals surface area contributed by atoms with Crippen molar-refractivity contribution >= 4 is 11.5 Å². The molecule has 1 unspecified atom stereocenters. The Morgan fingerprint density at radius 3 is 2.89 bits per heavy atom. The minimum Gasteiger partial charge on any atom is -0.387 e. The molecule has 104 valence electrons. The Kier molecular flexibility index (Phi) is 4.60. The molecule has 0 saturated heterocycles. The molecule has 1 atom stereocenters. The molecule has 0 aromatic carbocycles. The van der Waals surface area contributed by atoms with Gasteiger partial charge in [-0.25, -0.2) is 9.67 Å². The Hall–Kier alpha value is -1.34. The third-order valence-corrected chi connectivity index (χ3v) is 3.75. The number of aliphatic hydroxyl groups excluding tert-OH is 1. The van der Waals surface area contributed by atoms with Gasteiger partial charge in [0.05, 0.1) is 16.7 Å². The van der Waals surface area contributed by atoms with Crippen LogP contribution in [0.4, 0.5) is 0 Å². The second-order valence-electron chi connectivity index (χ2n) is 4.77. The van der Waals surface area contributed by atoms with E-state index in [0.29, 0.717) is 6.42 Å². The van der Waals surface area contributed by atoms with E-state index in [2.05, 4.69) is 26.6 Å². The van der Waals surface area contributed by atoms with E-state index in [0.717, 1.165) is 29.2 Å². The molecule has 0 radical (unpaired) electrons. The van der Waals surface area contributed by atoms with Crippen molar-refractivity contribution in [2.24, 2.45) is 0 Å². The molecule has 0 spiro atoms. The van der Waals surface area contributed by atoms with Crippen LogP contribution in [0.2, 0.25) is 0 Å². The zero-order valence-corrected chi connectivity index (χ0v) is 12.3. The van der Waals surface area contributed by atoms with Crippen LogP contribution in [0, 0.1) is 0 Å². The predicted octanol–water partition coefficient (Wildman–Crippen LogP) is 1.94. The summed E-state index contributed by atoms with van der Waals surface area (Å²) in [6, 6.07) is 0.236. The Bertz CT molecular complexity index is 522. The number of rotatable bonds is 6. The highest BCUT2D eigenvalue weighted by atomic mass is 32.1. The molecule has 0 saturated carbocycles. The van der Waals surface area contributed by atoms with E-state index >= 15 is 0 Å². The largest absolute Gasteiger partial charge is 0.387 e. The van der Waals surface area contributed by atoms with Gasteiger partial charge < -0.3 is 5.11 Å². The molecule has 0 bridgehead atoms. The zero-order chi connectivity index (χ0) is 13.8. The van der Waals surface area contributed by atoms with E-state index in [-0.39, 0.29) is 6.04 Å². The second kappa shape index (κ2) is 6.21. The van der Waals surface area contributed by atoms with Gasteiger partial charge in [-0.1, -0.05) is 17.8 Å². The van der Waals surface area contributed by atoms with Gasteiger partial charge in [0, 0.05) is 12.5 Å². The molecule has 7 heteroatoms. The minimum atomic E-state index is -0.608. The first-order chi connectivity index (χ1) is 9.13. The predicted molar refractivity (Wildman–Crippen MR) is 73.0 cm³/mol. The van der Waals surface area contributed by atoms with Crippen molar-refractivity contribution in [3.8, 4) is 0 Å². The van der Waals surface area contributed by atoms with Crippen LogP contribution in [-0.2, 0) is 12.8 Å². The Balaban J connectivity index is 2.14. The lowest BCUT2D eigenvalue weighted by Gasteiger charge is -2.12. The van der Waals surface area contributed by atoms with Crippen LogP contribution in [-0.4, -0.2) is 29.5 Å². The van der Waals surface area contributed by atoms with Crippen molar-refractivity contribution in [3.05, 3.63) is 22.7 Å². The van der Waals surface area contributed by atoms with Crippen molar-refractivity contribution in [1.82, 2.24) is 24.4 Å². The van der Waals surface area contributed by atoms with Crippen molar-refractivity contribution in [3.63, 3.8) is 0 Å². The lowest BCUT2D eigenvalue weighted by atomic mass is 10.1. The smallest absolute Gasteiger partial charge is 0.138 e. The fourth-order valence-corrected chi connectivity index (χ4v) is 2.68. The minimum absolute atomic E-state index is 0.236. The maximum atomic E-state index is 10.3. The third kappa shape index (κ3) is 3.16. The van der Waals surface area contributed by atoms with E-state index < -0.39 is 6.10 Å². The van der Waals surface area contributed by atoms with Crippen LogP contribution in [0.1, 0.15) is 55.7 Å². The van der Waals surface area contributed by atoms with Gasteiger partial charge in [0.1, 0.15) is 12.2 Å². The number of aryl methyl sites for hydroxylation is 1. The number of aliphatic hydroxyl groups is 1. The molecule has 2 aromatic heterocycles. The Labute approximate surface area is 116 Å². The van der Waals surface area contributed by atoms with Gasteiger partial charge >= 0.3 is 0 Å². The number of hydrogen-bond donors (Lipinski definition) is 1. The molecule has 0 aliphatic heterocycles. The van der Waals surface area contributed by atoms with Crippen LogP contribution in [0.3, 0.4) is 0 Å². The van der Waals surface area contributed by atoms with Crippen LogP contribution in [0.25, 0.3) is 0 Å². The quantitative estimate of drug-likeness (QED) is 0.875. The maximum Gasteiger partial charge on any atom is 0.138 e. The lowest BCUT2D eigenvalue weighted by Crippen LogP contribution is -2.12. The summed E-state index contributed by atoms with van der Waals surface area (Å²) in [5, 5.41) is 18.6. The molecule has 0 fully saturated rings. The number of nitrogens with zero attached hydrogens (tertiary/aromatic N) is 5. The van der Waals surface area contributed by atoms with Gasteiger partial charge in [0.25, 0.3) is 0 Å². The first-order valence-electron chi connectivity index (χ1n) is 6.51. The molecule has 19 heavy (non-hydrogen) atoms. The number of hydrogen-bond acceptors (Lipinski definition) is 6. The Morgan fingerprint density at radius 1 is 1.42 bits per heavy atom. The van der Waals surface area contributed by atoms with Gasteiger partial charge in [-0.15, -0.1) is 5.10 Å². The normalized spacial score (nSPS) is 13.1. The highest BCUT2D eigenvalue weighted by molar-refractivity contribution is 7.05. The second-order valence-corrected chi connectivity index (χ2v) is 5.55. The summed E-state index contributed by atoms with van der Waals surface area (Å²) in [5.74, 6) is 0.790. The summed E-state index contributed by atoms with van der Waals surface area (Å²) >= 11 is 1.27. The molecular weight excluding hydrogens is 262 g/mol. The fourth-order valence-electron chi connectivity index (χ4n) is 2.00. The van der Waals surface area contributed by atoms with Crippen LogP contribution in [0.5, 0.6) is 0 Å². The molecule has 2 heterocycles. The molecule has 6 nitrogen and oxygen atoms in total. The summed E-state index contributed by atoms with van der Waals surface area (Å²) in [5.41, 5.74) is 0.899. The van der Waals surface area contributed by atoms with Crippen LogP contribution in [0.15, 0.2) is 6.33 Å². The lowest BCUT2D eigenvalue weighted by molar-refractivity contribution is 0.176. The monoisotopic (exact) mass is 281 g/mol. The summed E-state index contributed by atoms with van der Waals surface area (Å²) in [6.07, 6.45) is 3.20. The SMILES string of the molecule is CCCc1nnsc1C(O)Cc1ncnn1C(C)C. The maximum absolute atomic E-state index is 10.3. The molecule has 0 amide bonds. The van der Waals surface area contributed by atoms with Crippen molar-refractivity contribution in [2.75, 3.05) is 0 Å². The molecule has 0 aliphatic carbocycles. The first kappa shape index (κ1) is 14.1. The van der Waals surface area contributed by atoms with Gasteiger partial charge in [-0.2, -0.15) is 5.10 Å². The molecular formula is C12H19N5OS.